The highest BCUT2D eigenvalue weighted by atomic mass is 35.5. The summed E-state index contributed by atoms with van der Waals surface area (Å²) in [6.45, 7) is 2.06. The Labute approximate surface area is 198 Å². The van der Waals surface area contributed by atoms with Gasteiger partial charge in [-0.1, -0.05) is 60.6 Å². The second-order valence-corrected chi connectivity index (χ2v) is 8.86. The smallest absolute Gasteiger partial charge is 0.266 e. The van der Waals surface area contributed by atoms with Gasteiger partial charge in [-0.3, -0.25) is 18.6 Å². The summed E-state index contributed by atoms with van der Waals surface area (Å²) >= 11 is 7.38. The van der Waals surface area contributed by atoms with Gasteiger partial charge in [0.25, 0.3) is 11.1 Å². The molecule has 0 radical (unpaired) electrons. The summed E-state index contributed by atoms with van der Waals surface area (Å²) in [5.41, 5.74) is 3.29. The molecule has 0 saturated carbocycles. The fraction of sp³-hybridized carbons (Fsp3) is 0.120. The number of hydrogen-bond donors (Lipinski definition) is 0. The van der Waals surface area contributed by atoms with Crippen molar-refractivity contribution in [1.82, 2.24) is 18.9 Å². The highest BCUT2D eigenvalue weighted by Crippen LogP contribution is 2.26. The highest BCUT2D eigenvalue weighted by Gasteiger charge is 2.16. The molecule has 0 aliphatic carbocycles. The molecule has 0 atom stereocenters. The van der Waals surface area contributed by atoms with Gasteiger partial charge in [0.05, 0.1) is 27.3 Å². The molecule has 5 aromatic rings. The molecular formula is C25H19ClN4O2S. The molecule has 0 unspecified atom stereocenters. The van der Waals surface area contributed by atoms with E-state index in [1.807, 2.05) is 42.5 Å². The van der Waals surface area contributed by atoms with Crippen LogP contribution in [0.5, 0.6) is 0 Å². The van der Waals surface area contributed by atoms with Crippen LogP contribution in [-0.2, 0) is 12.2 Å². The average Bonchev–Trinajstić information content (AvgIpc) is 2.83. The summed E-state index contributed by atoms with van der Waals surface area (Å²) in [7, 11) is 0. The first-order valence-electron chi connectivity index (χ1n) is 10.5. The molecule has 164 valence electrons. The van der Waals surface area contributed by atoms with E-state index in [2.05, 4.69) is 11.9 Å². The van der Waals surface area contributed by atoms with E-state index in [-0.39, 0.29) is 11.1 Å². The van der Waals surface area contributed by atoms with Crippen molar-refractivity contribution in [3.05, 3.63) is 110 Å². The molecule has 0 N–H and O–H groups in total. The summed E-state index contributed by atoms with van der Waals surface area (Å²) in [6.07, 6.45) is 2.33. The zero-order valence-corrected chi connectivity index (χ0v) is 19.3. The predicted octanol–water partition coefficient (Wildman–Crippen LogP) is 4.90. The highest BCUT2D eigenvalue weighted by molar-refractivity contribution is 7.98. The Morgan fingerprint density at radius 1 is 0.970 bits per heavy atom. The number of aromatic nitrogens is 4. The predicted molar refractivity (Wildman–Crippen MR) is 133 cm³/mol. The van der Waals surface area contributed by atoms with Crippen LogP contribution >= 0.6 is 23.4 Å². The van der Waals surface area contributed by atoms with Gasteiger partial charge < -0.3 is 0 Å². The third-order valence-corrected chi connectivity index (χ3v) is 6.58. The lowest BCUT2D eigenvalue weighted by Crippen LogP contribution is -2.23. The van der Waals surface area contributed by atoms with Crippen LogP contribution in [0.1, 0.15) is 18.2 Å². The lowest BCUT2D eigenvalue weighted by Gasteiger charge is -2.16. The first-order valence-corrected chi connectivity index (χ1v) is 11.8. The minimum atomic E-state index is -0.210. The fourth-order valence-electron chi connectivity index (χ4n) is 3.79. The van der Waals surface area contributed by atoms with Gasteiger partial charge in [0, 0.05) is 18.0 Å². The molecule has 0 saturated heterocycles. The Kier molecular flexibility index (Phi) is 5.74. The molecule has 2 aromatic carbocycles. The van der Waals surface area contributed by atoms with Gasteiger partial charge in [0.2, 0.25) is 0 Å². The maximum Gasteiger partial charge on any atom is 0.266 e. The first kappa shape index (κ1) is 21.4. The van der Waals surface area contributed by atoms with Crippen molar-refractivity contribution >= 4 is 39.9 Å². The zero-order chi connectivity index (χ0) is 22.9. The second kappa shape index (κ2) is 8.84. The third kappa shape index (κ3) is 4.05. The van der Waals surface area contributed by atoms with Crippen LogP contribution in [0.2, 0.25) is 5.02 Å². The van der Waals surface area contributed by atoms with Crippen molar-refractivity contribution < 1.29 is 0 Å². The monoisotopic (exact) mass is 474 g/mol. The molecule has 0 amide bonds. The summed E-state index contributed by atoms with van der Waals surface area (Å²) in [5.74, 6) is 0.382. The normalized spacial score (nSPS) is 11.3. The number of pyridine rings is 1. The van der Waals surface area contributed by atoms with Gasteiger partial charge in [0.15, 0.2) is 5.16 Å². The first-order chi connectivity index (χ1) is 16.0. The van der Waals surface area contributed by atoms with Crippen molar-refractivity contribution in [2.45, 2.75) is 24.3 Å². The van der Waals surface area contributed by atoms with Gasteiger partial charge in [-0.05, 0) is 42.3 Å². The SMILES string of the molecule is CCc1ccccc1-n1c(SCc2cc(=O)n3cc(Cl)ccc3n2)nc2ccccc2c1=O. The van der Waals surface area contributed by atoms with E-state index in [4.69, 9.17) is 16.6 Å². The quantitative estimate of drug-likeness (QED) is 0.267. The maximum absolute atomic E-state index is 13.5. The zero-order valence-electron chi connectivity index (χ0n) is 17.7. The molecule has 33 heavy (non-hydrogen) atoms. The molecule has 5 rings (SSSR count). The van der Waals surface area contributed by atoms with Gasteiger partial charge in [-0.25, -0.2) is 9.97 Å². The van der Waals surface area contributed by atoms with Crippen molar-refractivity contribution in [3.8, 4) is 5.69 Å². The Hall–Kier alpha value is -3.42. The molecule has 0 fully saturated rings. The number of hydrogen-bond acceptors (Lipinski definition) is 5. The second-order valence-electron chi connectivity index (χ2n) is 7.48. The van der Waals surface area contributed by atoms with E-state index >= 15 is 0 Å². The summed E-state index contributed by atoms with van der Waals surface area (Å²) in [5, 5.41) is 1.58. The summed E-state index contributed by atoms with van der Waals surface area (Å²) < 4.78 is 3.08. The number of thioether (sulfide) groups is 1. The Morgan fingerprint density at radius 3 is 2.61 bits per heavy atom. The van der Waals surface area contributed by atoms with Crippen LogP contribution < -0.4 is 11.1 Å². The standard InChI is InChI=1S/C25H19ClN4O2S/c1-2-16-7-3-6-10-21(16)30-24(32)19-8-4-5-9-20(19)28-25(30)33-15-18-13-23(31)29-14-17(26)11-12-22(29)27-18/h3-14H,2,15H2,1H3. The Balaban J connectivity index is 1.62. The largest absolute Gasteiger partial charge is 0.269 e. The Morgan fingerprint density at radius 2 is 1.76 bits per heavy atom. The summed E-state index contributed by atoms with van der Waals surface area (Å²) in [6, 6.07) is 20.1. The van der Waals surface area contributed by atoms with E-state index < -0.39 is 0 Å². The van der Waals surface area contributed by atoms with Crippen LogP contribution in [0, 0.1) is 0 Å². The number of rotatable bonds is 5. The molecule has 3 aromatic heterocycles. The lowest BCUT2D eigenvalue weighted by molar-refractivity contribution is 0.808. The number of nitrogens with zero attached hydrogens (tertiary/aromatic N) is 4. The maximum atomic E-state index is 13.5. The minimum absolute atomic E-state index is 0.120. The van der Waals surface area contributed by atoms with Crippen LogP contribution in [0.3, 0.4) is 0 Å². The fourth-order valence-corrected chi connectivity index (χ4v) is 4.85. The number of aryl methyl sites for hydroxylation is 1. The van der Waals surface area contributed by atoms with Gasteiger partial charge >= 0.3 is 0 Å². The van der Waals surface area contributed by atoms with Crippen LogP contribution in [-0.4, -0.2) is 18.9 Å². The molecule has 0 bridgehead atoms. The number of benzene rings is 2. The van der Waals surface area contributed by atoms with Crippen molar-refractivity contribution in [1.29, 1.82) is 0 Å². The Bertz CT molecular complexity index is 1630. The van der Waals surface area contributed by atoms with Gasteiger partial charge in [-0.2, -0.15) is 0 Å². The molecule has 0 aliphatic rings. The molecule has 6 nitrogen and oxygen atoms in total. The lowest BCUT2D eigenvalue weighted by atomic mass is 10.1. The topological polar surface area (TPSA) is 69.3 Å². The molecule has 8 heteroatoms. The van der Waals surface area contributed by atoms with E-state index in [1.165, 1.54) is 22.2 Å². The van der Waals surface area contributed by atoms with Gasteiger partial charge in [0.1, 0.15) is 5.65 Å². The van der Waals surface area contributed by atoms with E-state index in [0.717, 1.165) is 17.7 Å². The van der Waals surface area contributed by atoms with Gasteiger partial charge in [-0.15, -0.1) is 0 Å². The third-order valence-electron chi connectivity index (χ3n) is 5.38. The van der Waals surface area contributed by atoms with Crippen LogP contribution in [0.4, 0.5) is 0 Å². The number of para-hydroxylation sites is 2. The molecule has 0 spiro atoms. The minimum Gasteiger partial charge on any atom is -0.269 e. The van der Waals surface area contributed by atoms with Crippen LogP contribution in [0.15, 0.2) is 87.7 Å². The molecule has 3 heterocycles. The molecular weight excluding hydrogens is 456 g/mol. The van der Waals surface area contributed by atoms with Crippen molar-refractivity contribution in [2.75, 3.05) is 0 Å². The van der Waals surface area contributed by atoms with Crippen molar-refractivity contribution in [2.24, 2.45) is 0 Å². The summed E-state index contributed by atoms with van der Waals surface area (Å²) in [4.78, 5) is 35.4. The van der Waals surface area contributed by atoms with E-state index in [1.54, 1.807) is 29.0 Å². The number of halogens is 1. The number of fused-ring (bicyclic) bond motifs is 2. The van der Waals surface area contributed by atoms with E-state index in [9.17, 15) is 9.59 Å². The average molecular weight is 475 g/mol. The van der Waals surface area contributed by atoms with E-state index in [0.29, 0.717) is 38.2 Å². The molecule has 0 aliphatic heterocycles. The van der Waals surface area contributed by atoms with Crippen molar-refractivity contribution in [3.63, 3.8) is 0 Å². The van der Waals surface area contributed by atoms with Crippen LogP contribution in [0.25, 0.3) is 22.2 Å².